The highest BCUT2D eigenvalue weighted by Crippen LogP contribution is 2.27. The maximum atomic E-state index is 10.1. The molecule has 5 nitrogen and oxygen atoms in total. The minimum atomic E-state index is -0.530. The highest BCUT2D eigenvalue weighted by molar-refractivity contribution is 6.31. The first kappa shape index (κ1) is 16.1. The van der Waals surface area contributed by atoms with Gasteiger partial charge in [0.2, 0.25) is 0 Å². The molecule has 0 fully saturated rings. The monoisotopic (exact) mass is 320 g/mol. The third-order valence-corrected chi connectivity index (χ3v) is 2.87. The topological polar surface area (TPSA) is 74.9 Å². The van der Waals surface area contributed by atoms with Crippen LogP contribution in [0.3, 0.4) is 0 Å². The molecule has 0 aliphatic carbocycles. The Balaban J connectivity index is 2.58. The summed E-state index contributed by atoms with van der Waals surface area (Å²) in [6.45, 7) is 5.52. The summed E-state index contributed by atoms with van der Waals surface area (Å²) in [5.41, 5.74) is 0.270. The first-order valence-electron chi connectivity index (χ1n) is 6.67. The number of benzene rings is 1. The first-order valence-corrected chi connectivity index (χ1v) is 7.05. The van der Waals surface area contributed by atoms with Crippen molar-refractivity contribution in [3.05, 3.63) is 52.8 Å². The van der Waals surface area contributed by atoms with Crippen molar-refractivity contribution < 1.29 is 15.1 Å². The van der Waals surface area contributed by atoms with Crippen molar-refractivity contribution in [3.8, 4) is 11.5 Å². The third kappa shape index (κ3) is 3.89. The van der Waals surface area contributed by atoms with E-state index in [1.54, 1.807) is 18.2 Å². The van der Waals surface area contributed by atoms with Crippen LogP contribution in [0.2, 0.25) is 5.02 Å². The van der Waals surface area contributed by atoms with Crippen LogP contribution in [0.1, 0.15) is 32.0 Å². The quantitative estimate of drug-likeness (QED) is 0.667. The third-order valence-electron chi connectivity index (χ3n) is 2.64. The molecule has 0 amide bonds. The smallest absolute Gasteiger partial charge is 0.143 e. The molecule has 1 aromatic carbocycles. The molecule has 6 heteroatoms. The summed E-state index contributed by atoms with van der Waals surface area (Å²) < 4.78 is 0. The van der Waals surface area contributed by atoms with Gasteiger partial charge in [-0.25, -0.2) is 0 Å². The lowest BCUT2D eigenvalue weighted by atomic mass is 10.1. The lowest BCUT2D eigenvalue weighted by Gasteiger charge is -2.17. The zero-order valence-corrected chi connectivity index (χ0v) is 13.3. The number of aromatic hydroxyl groups is 2. The second-order valence-electron chi connectivity index (χ2n) is 5.68. The number of phenols is 1. The largest absolute Gasteiger partial charge is 0.507 e. The van der Waals surface area contributed by atoms with E-state index in [2.05, 4.69) is 10.1 Å². The Morgan fingerprint density at radius 3 is 2.50 bits per heavy atom. The van der Waals surface area contributed by atoms with Crippen molar-refractivity contribution in [2.24, 2.45) is 5.16 Å². The molecule has 0 unspecified atom stereocenters. The lowest BCUT2D eigenvalue weighted by molar-refractivity contribution is 0.00109. The van der Waals surface area contributed by atoms with Crippen LogP contribution in [0.5, 0.6) is 11.5 Å². The molecule has 0 saturated carbocycles. The van der Waals surface area contributed by atoms with Crippen molar-refractivity contribution in [1.29, 1.82) is 0 Å². The Morgan fingerprint density at radius 2 is 1.91 bits per heavy atom. The Kier molecular flexibility index (Phi) is 4.56. The maximum absolute atomic E-state index is 10.1. The van der Waals surface area contributed by atoms with E-state index in [1.807, 2.05) is 20.8 Å². The van der Waals surface area contributed by atoms with Gasteiger partial charge in [0.15, 0.2) is 0 Å². The molecule has 2 aromatic rings. The highest BCUT2D eigenvalue weighted by Gasteiger charge is 2.19. The van der Waals surface area contributed by atoms with Crippen LogP contribution >= 0.6 is 11.6 Å². The molecule has 116 valence electrons. The zero-order valence-electron chi connectivity index (χ0n) is 12.5. The van der Waals surface area contributed by atoms with Gasteiger partial charge in [-0.05, 0) is 51.1 Å². The van der Waals surface area contributed by atoms with Gasteiger partial charge in [0.05, 0.1) is 0 Å². The predicted molar refractivity (Wildman–Crippen MR) is 85.5 cm³/mol. The number of rotatable bonds is 3. The van der Waals surface area contributed by atoms with Gasteiger partial charge in [0, 0.05) is 16.8 Å². The van der Waals surface area contributed by atoms with E-state index < -0.39 is 5.60 Å². The summed E-state index contributed by atoms with van der Waals surface area (Å²) >= 11 is 5.85. The van der Waals surface area contributed by atoms with Gasteiger partial charge in [-0.1, -0.05) is 16.8 Å². The maximum Gasteiger partial charge on any atom is 0.143 e. The average Bonchev–Trinajstić information content (AvgIpc) is 2.41. The summed E-state index contributed by atoms with van der Waals surface area (Å²) in [7, 11) is 0. The molecular weight excluding hydrogens is 304 g/mol. The fourth-order valence-corrected chi connectivity index (χ4v) is 1.85. The molecule has 0 atom stereocenters. The number of hydrogen-bond acceptors (Lipinski definition) is 5. The molecule has 2 N–H and O–H groups in total. The van der Waals surface area contributed by atoms with Gasteiger partial charge in [0.1, 0.15) is 28.5 Å². The Labute approximate surface area is 133 Å². The molecule has 22 heavy (non-hydrogen) atoms. The molecule has 0 aliphatic heterocycles. The Bertz CT molecular complexity index is 709. The van der Waals surface area contributed by atoms with Gasteiger partial charge in [-0.15, -0.1) is 0 Å². The summed E-state index contributed by atoms with van der Waals surface area (Å²) in [5.74, 6) is -0.137. The van der Waals surface area contributed by atoms with E-state index in [0.717, 1.165) is 0 Å². The van der Waals surface area contributed by atoms with Gasteiger partial charge >= 0.3 is 0 Å². The van der Waals surface area contributed by atoms with Crippen molar-refractivity contribution in [1.82, 2.24) is 4.98 Å². The number of pyridine rings is 1. The van der Waals surface area contributed by atoms with Crippen LogP contribution in [-0.2, 0) is 4.84 Å². The molecule has 0 spiro atoms. The normalized spacial score (nSPS) is 12.3. The van der Waals surface area contributed by atoms with Crippen LogP contribution in [0.15, 0.2) is 41.7 Å². The van der Waals surface area contributed by atoms with Crippen molar-refractivity contribution in [2.75, 3.05) is 0 Å². The summed E-state index contributed by atoms with van der Waals surface area (Å²) in [5, 5.41) is 24.6. The van der Waals surface area contributed by atoms with E-state index >= 15 is 0 Å². The molecule has 2 rings (SSSR count). The number of oxime groups is 1. The molecule has 1 aromatic heterocycles. The molecule has 0 saturated heterocycles. The summed E-state index contributed by atoms with van der Waals surface area (Å²) in [6.07, 6.45) is 1.52. The van der Waals surface area contributed by atoms with E-state index in [-0.39, 0.29) is 22.9 Å². The van der Waals surface area contributed by atoms with Gasteiger partial charge < -0.3 is 15.1 Å². The number of nitrogens with zero attached hydrogens (tertiary/aromatic N) is 2. The predicted octanol–water partition coefficient (Wildman–Crippen LogP) is 3.71. The minimum Gasteiger partial charge on any atom is -0.507 e. The molecular formula is C16H17ClN2O3. The Hall–Kier alpha value is -2.27. The van der Waals surface area contributed by atoms with Crippen molar-refractivity contribution in [2.45, 2.75) is 26.4 Å². The SMILES string of the molecule is CC(C)(C)O/N=C(/c1ccc(Cl)cc1O)c1ncccc1O. The van der Waals surface area contributed by atoms with E-state index in [4.69, 9.17) is 16.4 Å². The standard InChI is InChI=1S/C16H17ClN2O3/c1-16(2,3)22-19-14(15-12(20)5-4-8-18-15)11-7-6-10(17)9-13(11)21/h4-9,20-21H,1-3H3/b19-14-. The number of aromatic nitrogens is 1. The number of halogens is 1. The molecule has 0 radical (unpaired) electrons. The van der Waals surface area contributed by atoms with E-state index in [9.17, 15) is 10.2 Å². The van der Waals surface area contributed by atoms with E-state index in [0.29, 0.717) is 10.6 Å². The van der Waals surface area contributed by atoms with E-state index in [1.165, 1.54) is 18.3 Å². The summed E-state index contributed by atoms with van der Waals surface area (Å²) in [6, 6.07) is 7.69. The van der Waals surface area contributed by atoms with Gasteiger partial charge in [0.25, 0.3) is 0 Å². The molecule has 0 aliphatic rings. The molecule has 1 heterocycles. The van der Waals surface area contributed by atoms with Crippen molar-refractivity contribution in [3.63, 3.8) is 0 Å². The second kappa shape index (κ2) is 6.23. The number of phenolic OH excluding ortho intramolecular Hbond substituents is 1. The highest BCUT2D eigenvalue weighted by atomic mass is 35.5. The average molecular weight is 321 g/mol. The fourth-order valence-electron chi connectivity index (χ4n) is 1.69. The van der Waals surface area contributed by atoms with Crippen LogP contribution in [0.25, 0.3) is 0 Å². The summed E-state index contributed by atoms with van der Waals surface area (Å²) in [4.78, 5) is 9.55. The van der Waals surface area contributed by atoms with Crippen molar-refractivity contribution >= 4 is 17.3 Å². The van der Waals surface area contributed by atoms with Crippen LogP contribution in [0.4, 0.5) is 0 Å². The lowest BCUT2D eigenvalue weighted by Crippen LogP contribution is -2.18. The van der Waals surface area contributed by atoms with Crippen LogP contribution in [0, 0.1) is 0 Å². The van der Waals surface area contributed by atoms with Crippen LogP contribution < -0.4 is 0 Å². The van der Waals surface area contributed by atoms with Crippen LogP contribution in [-0.4, -0.2) is 26.5 Å². The molecule has 0 bridgehead atoms. The van der Waals surface area contributed by atoms with Gasteiger partial charge in [-0.3, -0.25) is 4.98 Å². The first-order chi connectivity index (χ1) is 10.3. The minimum absolute atomic E-state index is 0.0619. The zero-order chi connectivity index (χ0) is 16.3. The fraction of sp³-hybridized carbons (Fsp3) is 0.250. The number of hydrogen-bond donors (Lipinski definition) is 2. The Morgan fingerprint density at radius 1 is 1.18 bits per heavy atom. The second-order valence-corrected chi connectivity index (χ2v) is 6.11. The van der Waals surface area contributed by atoms with Gasteiger partial charge in [-0.2, -0.15) is 0 Å².